The normalized spacial score (nSPS) is 22.8. The minimum absolute atomic E-state index is 0.222. The molecule has 0 aromatic carbocycles. The highest BCUT2D eigenvalue weighted by Gasteiger charge is 2.15. The molecule has 0 unspecified atom stereocenters. The fraction of sp³-hybridized carbons (Fsp3) is 0.455. The first-order valence-corrected chi connectivity index (χ1v) is 5.68. The van der Waals surface area contributed by atoms with E-state index in [0.717, 1.165) is 12.1 Å². The number of fused-ring (bicyclic) bond motifs is 1. The van der Waals surface area contributed by atoms with Gasteiger partial charge in [-0.05, 0) is 55.1 Å². The highest BCUT2D eigenvalue weighted by atomic mass is 32.1. The maximum Gasteiger partial charge on any atom is 0.184 e. The third-order valence-corrected chi connectivity index (χ3v) is 2.85. The van der Waals surface area contributed by atoms with Crippen molar-refractivity contribution in [2.45, 2.75) is 32.1 Å². The van der Waals surface area contributed by atoms with Crippen LogP contribution >= 0.6 is 12.2 Å². The van der Waals surface area contributed by atoms with Gasteiger partial charge in [-0.25, -0.2) is 0 Å². The number of hydrogen-bond donors (Lipinski definition) is 2. The molecular formula is C11H15N3S. The fourth-order valence-electron chi connectivity index (χ4n) is 2.04. The minimum Gasteiger partial charge on any atom is -0.375 e. The maximum absolute atomic E-state index is 5.32. The van der Waals surface area contributed by atoms with Crippen LogP contribution in [0.25, 0.3) is 0 Å². The van der Waals surface area contributed by atoms with Crippen molar-refractivity contribution >= 4 is 23.0 Å². The second-order valence-corrected chi connectivity index (χ2v) is 4.33. The topological polar surface area (TPSA) is 50.4 Å². The predicted octanol–water partition coefficient (Wildman–Crippen LogP) is 2.01. The Morgan fingerprint density at radius 1 is 1.33 bits per heavy atom. The quantitative estimate of drug-likeness (QED) is 0.526. The van der Waals surface area contributed by atoms with Crippen LogP contribution in [-0.4, -0.2) is 10.8 Å². The zero-order chi connectivity index (χ0) is 10.7. The van der Waals surface area contributed by atoms with Crippen molar-refractivity contribution in [3.63, 3.8) is 0 Å². The Labute approximate surface area is 95.1 Å². The van der Waals surface area contributed by atoms with E-state index in [1.165, 1.54) is 36.8 Å². The molecule has 0 aromatic heterocycles. The van der Waals surface area contributed by atoms with Crippen molar-refractivity contribution in [2.75, 3.05) is 0 Å². The van der Waals surface area contributed by atoms with Gasteiger partial charge >= 0.3 is 0 Å². The van der Waals surface area contributed by atoms with E-state index in [2.05, 4.69) is 22.7 Å². The van der Waals surface area contributed by atoms with Crippen LogP contribution in [0.1, 0.15) is 32.1 Å². The van der Waals surface area contributed by atoms with Gasteiger partial charge in [0.2, 0.25) is 0 Å². The summed E-state index contributed by atoms with van der Waals surface area (Å²) < 4.78 is 0. The molecule has 4 heteroatoms. The molecule has 0 spiro atoms. The molecule has 2 rings (SSSR count). The second-order valence-electron chi connectivity index (χ2n) is 3.89. The van der Waals surface area contributed by atoms with Gasteiger partial charge in [0.05, 0.1) is 5.71 Å². The molecule has 1 fully saturated rings. The number of allylic oxidation sites excluding steroid dienone is 4. The molecular weight excluding hydrogens is 206 g/mol. The first kappa shape index (κ1) is 10.4. The molecule has 15 heavy (non-hydrogen) atoms. The summed E-state index contributed by atoms with van der Waals surface area (Å²) in [5, 5.41) is 4.37. The SMILES string of the molecule is NC(=S)NN=C1C=C2CCCCC2=CC1. The van der Waals surface area contributed by atoms with Crippen LogP contribution in [-0.2, 0) is 0 Å². The van der Waals surface area contributed by atoms with Gasteiger partial charge in [0.25, 0.3) is 0 Å². The molecule has 80 valence electrons. The average molecular weight is 221 g/mol. The first-order chi connectivity index (χ1) is 7.25. The Balaban J connectivity index is 2.08. The van der Waals surface area contributed by atoms with E-state index in [1.54, 1.807) is 0 Å². The standard InChI is InChI=1S/C11H15N3S/c12-11(15)14-13-10-6-5-8-3-1-2-4-9(8)7-10/h5,7H,1-4,6H2,(H3,12,14,15). The first-order valence-electron chi connectivity index (χ1n) is 5.27. The molecule has 0 atom stereocenters. The van der Waals surface area contributed by atoms with Crippen molar-refractivity contribution in [1.29, 1.82) is 0 Å². The summed E-state index contributed by atoms with van der Waals surface area (Å²) in [6.45, 7) is 0. The lowest BCUT2D eigenvalue weighted by molar-refractivity contribution is 0.676. The molecule has 0 bridgehead atoms. The fourth-order valence-corrected chi connectivity index (χ4v) is 2.09. The molecule has 3 nitrogen and oxygen atoms in total. The smallest absolute Gasteiger partial charge is 0.184 e. The number of rotatable bonds is 1. The zero-order valence-corrected chi connectivity index (χ0v) is 9.44. The van der Waals surface area contributed by atoms with Gasteiger partial charge in [0, 0.05) is 6.42 Å². The molecule has 0 amide bonds. The summed E-state index contributed by atoms with van der Waals surface area (Å²) in [4.78, 5) is 0. The van der Waals surface area contributed by atoms with Crippen LogP contribution in [0, 0.1) is 0 Å². The number of hydrogen-bond acceptors (Lipinski definition) is 2. The monoisotopic (exact) mass is 221 g/mol. The van der Waals surface area contributed by atoms with E-state index in [0.29, 0.717) is 0 Å². The molecule has 0 radical (unpaired) electrons. The summed E-state index contributed by atoms with van der Waals surface area (Å²) in [5.41, 5.74) is 11.9. The molecule has 0 heterocycles. The Hall–Kier alpha value is -1.16. The van der Waals surface area contributed by atoms with Crippen LogP contribution < -0.4 is 11.2 Å². The predicted molar refractivity (Wildman–Crippen MR) is 66.6 cm³/mol. The number of nitrogens with one attached hydrogen (secondary N) is 1. The van der Waals surface area contributed by atoms with Crippen LogP contribution in [0.4, 0.5) is 0 Å². The van der Waals surface area contributed by atoms with E-state index in [4.69, 9.17) is 18.0 Å². The van der Waals surface area contributed by atoms with Crippen LogP contribution in [0.3, 0.4) is 0 Å². The molecule has 2 aliphatic rings. The molecule has 0 saturated heterocycles. The van der Waals surface area contributed by atoms with Gasteiger partial charge in [-0.3, -0.25) is 5.43 Å². The Kier molecular flexibility index (Phi) is 3.16. The Morgan fingerprint density at radius 2 is 2.07 bits per heavy atom. The molecule has 2 aliphatic carbocycles. The van der Waals surface area contributed by atoms with Crippen LogP contribution in [0.2, 0.25) is 0 Å². The van der Waals surface area contributed by atoms with E-state index in [-0.39, 0.29) is 5.11 Å². The van der Waals surface area contributed by atoms with Gasteiger partial charge in [-0.15, -0.1) is 0 Å². The van der Waals surface area contributed by atoms with Gasteiger partial charge in [0.1, 0.15) is 0 Å². The van der Waals surface area contributed by atoms with Crippen molar-refractivity contribution in [3.05, 3.63) is 23.3 Å². The highest BCUT2D eigenvalue weighted by Crippen LogP contribution is 2.31. The lowest BCUT2D eigenvalue weighted by Gasteiger charge is -2.21. The van der Waals surface area contributed by atoms with E-state index in [9.17, 15) is 0 Å². The van der Waals surface area contributed by atoms with E-state index in [1.807, 2.05) is 0 Å². The number of nitrogens with two attached hydrogens (primary N) is 1. The van der Waals surface area contributed by atoms with Crippen molar-refractivity contribution < 1.29 is 0 Å². The number of nitrogens with zero attached hydrogens (tertiary/aromatic N) is 1. The van der Waals surface area contributed by atoms with Crippen LogP contribution in [0.15, 0.2) is 28.4 Å². The molecule has 3 N–H and O–H groups in total. The summed E-state index contributed by atoms with van der Waals surface area (Å²) in [5.74, 6) is 0. The minimum atomic E-state index is 0.222. The van der Waals surface area contributed by atoms with E-state index < -0.39 is 0 Å². The van der Waals surface area contributed by atoms with Gasteiger partial charge in [-0.1, -0.05) is 6.08 Å². The van der Waals surface area contributed by atoms with Gasteiger partial charge in [0.15, 0.2) is 5.11 Å². The van der Waals surface area contributed by atoms with Gasteiger partial charge < -0.3 is 5.73 Å². The highest BCUT2D eigenvalue weighted by molar-refractivity contribution is 7.80. The largest absolute Gasteiger partial charge is 0.375 e. The number of hydrazone groups is 1. The summed E-state index contributed by atoms with van der Waals surface area (Å²) in [6.07, 6.45) is 10.3. The lowest BCUT2D eigenvalue weighted by atomic mass is 9.85. The Morgan fingerprint density at radius 3 is 2.80 bits per heavy atom. The summed E-state index contributed by atoms with van der Waals surface area (Å²) in [6, 6.07) is 0. The third kappa shape index (κ3) is 2.65. The number of thiocarbonyl (C=S) groups is 1. The molecule has 1 saturated carbocycles. The summed E-state index contributed by atoms with van der Waals surface area (Å²) in [7, 11) is 0. The van der Waals surface area contributed by atoms with Crippen molar-refractivity contribution in [2.24, 2.45) is 10.8 Å². The average Bonchev–Trinajstić information content (AvgIpc) is 2.26. The zero-order valence-electron chi connectivity index (χ0n) is 8.62. The summed E-state index contributed by atoms with van der Waals surface area (Å²) >= 11 is 4.70. The Bertz CT molecular complexity index is 366. The van der Waals surface area contributed by atoms with E-state index >= 15 is 0 Å². The lowest BCUT2D eigenvalue weighted by Crippen LogP contribution is -2.25. The third-order valence-electron chi connectivity index (χ3n) is 2.76. The molecule has 0 aromatic rings. The van der Waals surface area contributed by atoms with Crippen molar-refractivity contribution in [3.8, 4) is 0 Å². The molecule has 0 aliphatic heterocycles. The van der Waals surface area contributed by atoms with Crippen molar-refractivity contribution in [1.82, 2.24) is 5.43 Å². The second kappa shape index (κ2) is 4.57. The van der Waals surface area contributed by atoms with Gasteiger partial charge in [-0.2, -0.15) is 5.10 Å². The van der Waals surface area contributed by atoms with Crippen LogP contribution in [0.5, 0.6) is 0 Å². The maximum atomic E-state index is 5.32.